The van der Waals surface area contributed by atoms with Gasteiger partial charge in [-0.15, -0.1) is 10.2 Å². The zero-order valence-electron chi connectivity index (χ0n) is 18.2. The standard InChI is InChI=1S/C24H26N6OS/c1-29(2)15-6-16-30-23(19-11-13-25-14-12-19)27-28-24(30)32-17-22(31)26-21-10-5-8-18-7-3-4-9-20(18)21/h3-5,7-14H,6,15-17H2,1-2H3,(H,26,31). The van der Waals surface area contributed by atoms with Gasteiger partial charge >= 0.3 is 0 Å². The highest BCUT2D eigenvalue weighted by Gasteiger charge is 2.16. The highest BCUT2D eigenvalue weighted by molar-refractivity contribution is 7.99. The summed E-state index contributed by atoms with van der Waals surface area (Å²) in [6.07, 6.45) is 4.45. The van der Waals surface area contributed by atoms with Crippen LogP contribution in [0, 0.1) is 0 Å². The lowest BCUT2D eigenvalue weighted by Crippen LogP contribution is -2.17. The topological polar surface area (TPSA) is 75.9 Å². The number of nitrogens with zero attached hydrogens (tertiary/aromatic N) is 5. The molecule has 8 heteroatoms. The highest BCUT2D eigenvalue weighted by Crippen LogP contribution is 2.26. The molecule has 4 aromatic rings. The van der Waals surface area contributed by atoms with E-state index in [1.807, 2.05) is 54.6 Å². The van der Waals surface area contributed by atoms with Crippen LogP contribution in [0.15, 0.2) is 72.1 Å². The minimum atomic E-state index is -0.0698. The van der Waals surface area contributed by atoms with Gasteiger partial charge in [0.05, 0.1) is 5.75 Å². The molecule has 0 bridgehead atoms. The van der Waals surface area contributed by atoms with E-state index in [-0.39, 0.29) is 11.7 Å². The first-order chi connectivity index (χ1) is 15.6. The molecule has 1 amide bonds. The number of thioether (sulfide) groups is 1. The lowest BCUT2D eigenvalue weighted by atomic mass is 10.1. The molecule has 0 fully saturated rings. The summed E-state index contributed by atoms with van der Waals surface area (Å²) >= 11 is 1.40. The van der Waals surface area contributed by atoms with Gasteiger partial charge in [0.1, 0.15) is 0 Å². The minimum Gasteiger partial charge on any atom is -0.325 e. The molecule has 0 aliphatic heterocycles. The molecule has 2 aromatic carbocycles. The lowest BCUT2D eigenvalue weighted by Gasteiger charge is -2.13. The van der Waals surface area contributed by atoms with Crippen molar-refractivity contribution in [3.8, 4) is 11.4 Å². The molecule has 164 valence electrons. The van der Waals surface area contributed by atoms with Crippen molar-refractivity contribution in [2.75, 3.05) is 31.7 Å². The second kappa shape index (κ2) is 10.4. The molecular formula is C24H26N6OS. The zero-order valence-corrected chi connectivity index (χ0v) is 19.0. The molecule has 0 aliphatic carbocycles. The fourth-order valence-electron chi connectivity index (χ4n) is 3.51. The van der Waals surface area contributed by atoms with Crippen molar-refractivity contribution in [2.24, 2.45) is 0 Å². The van der Waals surface area contributed by atoms with Gasteiger partial charge in [-0.25, -0.2) is 0 Å². The van der Waals surface area contributed by atoms with Crippen LogP contribution in [0.25, 0.3) is 22.2 Å². The Morgan fingerprint density at radius 3 is 2.62 bits per heavy atom. The number of pyridine rings is 1. The third-order valence-electron chi connectivity index (χ3n) is 5.04. The Kier molecular flexibility index (Phi) is 7.14. The molecule has 2 aromatic heterocycles. The number of hydrogen-bond donors (Lipinski definition) is 1. The van der Waals surface area contributed by atoms with Crippen LogP contribution >= 0.6 is 11.8 Å². The molecule has 1 N–H and O–H groups in total. The normalized spacial score (nSPS) is 11.2. The Labute approximate surface area is 191 Å². The van der Waals surface area contributed by atoms with E-state index < -0.39 is 0 Å². The minimum absolute atomic E-state index is 0.0698. The van der Waals surface area contributed by atoms with Crippen LogP contribution in [0.5, 0.6) is 0 Å². The first kappa shape index (κ1) is 22.0. The molecule has 2 heterocycles. The predicted molar refractivity (Wildman–Crippen MR) is 130 cm³/mol. The number of carbonyl (C=O) groups is 1. The van der Waals surface area contributed by atoms with Crippen molar-refractivity contribution in [3.05, 3.63) is 67.0 Å². The number of aromatic nitrogens is 4. The summed E-state index contributed by atoms with van der Waals surface area (Å²) in [5.41, 5.74) is 1.78. The molecule has 0 atom stereocenters. The molecular weight excluding hydrogens is 420 g/mol. The number of rotatable bonds is 9. The monoisotopic (exact) mass is 446 g/mol. The van der Waals surface area contributed by atoms with Crippen molar-refractivity contribution in [1.82, 2.24) is 24.6 Å². The Morgan fingerprint density at radius 1 is 1.03 bits per heavy atom. The quantitative estimate of drug-likeness (QED) is 0.389. The largest absolute Gasteiger partial charge is 0.325 e. The van der Waals surface area contributed by atoms with E-state index in [1.165, 1.54) is 11.8 Å². The number of benzene rings is 2. The Morgan fingerprint density at radius 2 is 1.81 bits per heavy atom. The van der Waals surface area contributed by atoms with Gasteiger partial charge in [0, 0.05) is 35.6 Å². The number of anilines is 1. The zero-order chi connectivity index (χ0) is 22.3. The Hall–Kier alpha value is -3.23. The van der Waals surface area contributed by atoms with E-state index in [0.717, 1.165) is 52.5 Å². The molecule has 0 saturated heterocycles. The molecule has 0 radical (unpaired) electrons. The third kappa shape index (κ3) is 5.33. The smallest absolute Gasteiger partial charge is 0.234 e. The van der Waals surface area contributed by atoms with Gasteiger partial charge in [-0.3, -0.25) is 9.78 Å². The molecule has 0 spiro atoms. The summed E-state index contributed by atoms with van der Waals surface area (Å²) in [6.45, 7) is 1.73. The summed E-state index contributed by atoms with van der Waals surface area (Å²) in [5.74, 6) is 0.980. The molecule has 7 nitrogen and oxygen atoms in total. The average molecular weight is 447 g/mol. The van der Waals surface area contributed by atoms with E-state index in [1.54, 1.807) is 12.4 Å². The first-order valence-electron chi connectivity index (χ1n) is 10.5. The lowest BCUT2D eigenvalue weighted by molar-refractivity contribution is -0.113. The maximum absolute atomic E-state index is 12.7. The highest BCUT2D eigenvalue weighted by atomic mass is 32.2. The van der Waals surface area contributed by atoms with Crippen LogP contribution in [-0.2, 0) is 11.3 Å². The Bertz CT molecular complexity index is 1190. The average Bonchev–Trinajstić information content (AvgIpc) is 3.21. The van der Waals surface area contributed by atoms with Gasteiger partial charge < -0.3 is 14.8 Å². The van der Waals surface area contributed by atoms with Crippen molar-refractivity contribution < 1.29 is 4.79 Å². The van der Waals surface area contributed by atoms with E-state index in [2.05, 4.69) is 44.1 Å². The fraction of sp³-hybridized carbons (Fsp3) is 0.250. The number of fused-ring (bicyclic) bond motifs is 1. The van der Waals surface area contributed by atoms with Crippen LogP contribution in [0.1, 0.15) is 6.42 Å². The second-order valence-corrected chi connectivity index (χ2v) is 8.66. The predicted octanol–water partition coefficient (Wildman–Crippen LogP) is 4.18. The van der Waals surface area contributed by atoms with Crippen molar-refractivity contribution >= 4 is 34.1 Å². The van der Waals surface area contributed by atoms with Crippen LogP contribution in [0.4, 0.5) is 5.69 Å². The summed E-state index contributed by atoms with van der Waals surface area (Å²) in [4.78, 5) is 19.0. The van der Waals surface area contributed by atoms with Gasteiger partial charge in [0.15, 0.2) is 11.0 Å². The van der Waals surface area contributed by atoms with Crippen LogP contribution < -0.4 is 5.32 Å². The maximum Gasteiger partial charge on any atom is 0.234 e. The van der Waals surface area contributed by atoms with Crippen LogP contribution in [0.2, 0.25) is 0 Å². The SMILES string of the molecule is CN(C)CCCn1c(SCC(=O)Nc2cccc3ccccc23)nnc1-c1ccncc1. The second-order valence-electron chi connectivity index (χ2n) is 7.71. The molecule has 4 rings (SSSR count). The summed E-state index contributed by atoms with van der Waals surface area (Å²) in [5, 5.41) is 14.7. The van der Waals surface area contributed by atoms with E-state index >= 15 is 0 Å². The van der Waals surface area contributed by atoms with E-state index in [9.17, 15) is 4.79 Å². The molecule has 32 heavy (non-hydrogen) atoms. The summed E-state index contributed by atoms with van der Waals surface area (Å²) < 4.78 is 2.09. The maximum atomic E-state index is 12.7. The molecule has 0 unspecified atom stereocenters. The van der Waals surface area contributed by atoms with Gasteiger partial charge in [-0.1, -0.05) is 48.2 Å². The summed E-state index contributed by atoms with van der Waals surface area (Å²) in [6, 6.07) is 17.8. The van der Waals surface area contributed by atoms with Crippen LogP contribution in [-0.4, -0.2) is 56.9 Å². The van der Waals surface area contributed by atoms with E-state index in [0.29, 0.717) is 0 Å². The molecule has 0 saturated carbocycles. The van der Waals surface area contributed by atoms with Crippen molar-refractivity contribution in [3.63, 3.8) is 0 Å². The van der Waals surface area contributed by atoms with Gasteiger partial charge in [-0.2, -0.15) is 0 Å². The number of amides is 1. The van der Waals surface area contributed by atoms with Crippen molar-refractivity contribution in [1.29, 1.82) is 0 Å². The number of hydrogen-bond acceptors (Lipinski definition) is 6. The van der Waals surface area contributed by atoms with E-state index in [4.69, 9.17) is 0 Å². The molecule has 0 aliphatic rings. The summed E-state index contributed by atoms with van der Waals surface area (Å²) in [7, 11) is 4.12. The number of carbonyl (C=O) groups excluding carboxylic acids is 1. The van der Waals surface area contributed by atoms with Gasteiger partial charge in [-0.05, 0) is 50.6 Å². The van der Waals surface area contributed by atoms with Crippen LogP contribution in [0.3, 0.4) is 0 Å². The third-order valence-corrected chi connectivity index (χ3v) is 6.01. The first-order valence-corrected chi connectivity index (χ1v) is 11.5. The van der Waals surface area contributed by atoms with Gasteiger partial charge in [0.2, 0.25) is 5.91 Å². The van der Waals surface area contributed by atoms with Crippen molar-refractivity contribution in [2.45, 2.75) is 18.1 Å². The number of nitrogens with one attached hydrogen (secondary N) is 1. The Balaban J connectivity index is 1.48. The fourth-order valence-corrected chi connectivity index (χ4v) is 4.27. The van der Waals surface area contributed by atoms with Gasteiger partial charge in [0.25, 0.3) is 0 Å².